The van der Waals surface area contributed by atoms with Crippen molar-refractivity contribution in [1.82, 2.24) is 15.0 Å². The highest BCUT2D eigenvalue weighted by molar-refractivity contribution is 7.89. The highest BCUT2D eigenvalue weighted by Crippen LogP contribution is 2.23. The lowest BCUT2D eigenvalue weighted by Gasteiger charge is -2.16. The van der Waals surface area contributed by atoms with Crippen molar-refractivity contribution in [1.29, 1.82) is 5.41 Å². The molecule has 0 aliphatic carbocycles. The van der Waals surface area contributed by atoms with E-state index in [0.717, 1.165) is 12.1 Å². The minimum atomic E-state index is -3.50. The van der Waals surface area contributed by atoms with Crippen LogP contribution in [0.3, 0.4) is 0 Å². The van der Waals surface area contributed by atoms with Crippen LogP contribution in [0.1, 0.15) is 24.7 Å². The molecule has 9 nitrogen and oxygen atoms in total. The molecule has 0 amide bonds. The number of halogens is 2. The molecular formula is C13H15ClFN5O4S. The van der Waals surface area contributed by atoms with Crippen molar-refractivity contribution in [2.24, 2.45) is 0 Å². The Balaban J connectivity index is 2.17. The summed E-state index contributed by atoms with van der Waals surface area (Å²) in [6.45, 7) is 1.46. The van der Waals surface area contributed by atoms with Gasteiger partial charge in [-0.3, -0.25) is 10.6 Å². The summed E-state index contributed by atoms with van der Waals surface area (Å²) in [6.07, 6.45) is 0.435. The highest BCUT2D eigenvalue weighted by atomic mass is 35.5. The maximum Gasteiger partial charge on any atom is 0.211 e. The fourth-order valence-electron chi connectivity index (χ4n) is 1.87. The molecule has 1 aromatic heterocycles. The van der Waals surface area contributed by atoms with E-state index in [4.69, 9.17) is 17.0 Å². The minimum absolute atomic E-state index is 0.0110. The number of nitrogens with one attached hydrogen (secondary N) is 2. The summed E-state index contributed by atoms with van der Waals surface area (Å²) >= 11 is 5.64. The summed E-state index contributed by atoms with van der Waals surface area (Å²) in [5, 5.41) is 25.2. The van der Waals surface area contributed by atoms with Crippen LogP contribution in [-0.4, -0.2) is 35.5 Å². The van der Waals surface area contributed by atoms with Gasteiger partial charge in [0.05, 0.1) is 23.0 Å². The fraction of sp³-hybridized carbons (Fsp3) is 0.308. The maximum absolute atomic E-state index is 13.2. The van der Waals surface area contributed by atoms with Crippen LogP contribution in [0.2, 0.25) is 5.02 Å². The molecule has 0 aliphatic heterocycles. The van der Waals surface area contributed by atoms with Crippen molar-refractivity contribution >= 4 is 33.1 Å². The Hall–Kier alpha value is -2.08. The number of aromatic nitrogens is 2. The van der Waals surface area contributed by atoms with Gasteiger partial charge in [0.2, 0.25) is 10.0 Å². The molecule has 2 rings (SSSR count). The Morgan fingerprint density at radius 1 is 1.48 bits per heavy atom. The predicted molar refractivity (Wildman–Crippen MR) is 87.7 cm³/mol. The Kier molecular flexibility index (Phi) is 6.06. The van der Waals surface area contributed by atoms with Crippen molar-refractivity contribution in [3.63, 3.8) is 0 Å². The van der Waals surface area contributed by atoms with Crippen molar-refractivity contribution < 1.29 is 22.6 Å². The zero-order valence-electron chi connectivity index (χ0n) is 13.0. The van der Waals surface area contributed by atoms with E-state index in [9.17, 15) is 18.0 Å². The van der Waals surface area contributed by atoms with Crippen LogP contribution in [0.4, 0.5) is 10.1 Å². The fourth-order valence-corrected chi connectivity index (χ4v) is 3.08. The van der Waals surface area contributed by atoms with Gasteiger partial charge in [0.1, 0.15) is 11.5 Å². The van der Waals surface area contributed by atoms with Crippen molar-refractivity contribution in [3.8, 4) is 0 Å². The molecule has 0 saturated carbocycles. The first-order valence-corrected chi connectivity index (χ1v) is 9.10. The number of anilines is 1. The van der Waals surface area contributed by atoms with Crippen LogP contribution in [-0.2, 0) is 16.6 Å². The summed E-state index contributed by atoms with van der Waals surface area (Å²) in [7, 11) is -3.50. The van der Waals surface area contributed by atoms with Gasteiger partial charge in [-0.25, -0.2) is 27.2 Å². The number of sulfonamides is 1. The van der Waals surface area contributed by atoms with Crippen molar-refractivity contribution in [2.45, 2.75) is 19.9 Å². The lowest BCUT2D eigenvalue weighted by Crippen LogP contribution is -2.30. The molecule has 136 valence electrons. The molecule has 0 fully saturated rings. The smallest absolute Gasteiger partial charge is 0.211 e. The molecule has 1 aromatic carbocycles. The Morgan fingerprint density at radius 3 is 2.84 bits per heavy atom. The third kappa shape index (κ3) is 4.72. The van der Waals surface area contributed by atoms with Crippen molar-refractivity contribution in [2.75, 3.05) is 10.8 Å². The first-order valence-electron chi connectivity index (χ1n) is 7.07. The number of hydroxylamine groups is 1. The first-order chi connectivity index (χ1) is 11.7. The topological polar surface area (TPSA) is 132 Å². The zero-order chi connectivity index (χ0) is 18.6. The lowest BCUT2D eigenvalue weighted by molar-refractivity contribution is 0.297. The number of benzene rings is 1. The molecular weight excluding hydrogens is 377 g/mol. The third-order valence-electron chi connectivity index (χ3n) is 3.07. The molecule has 3 N–H and O–H groups in total. The van der Waals surface area contributed by atoms with E-state index >= 15 is 0 Å². The van der Waals surface area contributed by atoms with E-state index in [0.29, 0.717) is 11.5 Å². The van der Waals surface area contributed by atoms with Gasteiger partial charge < -0.3 is 0 Å². The molecule has 2 aromatic rings. The summed E-state index contributed by atoms with van der Waals surface area (Å²) in [5.41, 5.74) is -0.156. The number of hydrogen-bond acceptors (Lipinski definition) is 7. The van der Waals surface area contributed by atoms with Crippen LogP contribution in [0, 0.1) is 11.2 Å². The molecule has 0 saturated heterocycles. The van der Waals surface area contributed by atoms with Gasteiger partial charge in [0.25, 0.3) is 0 Å². The SMILES string of the molecule is CCCS(=O)(=O)NCc1nonc1C(=N)N(O)c1ccc(F)c(Cl)c1. The number of nitrogens with zero attached hydrogens (tertiary/aromatic N) is 3. The van der Waals surface area contributed by atoms with Crippen LogP contribution in [0.15, 0.2) is 22.8 Å². The number of amidine groups is 1. The summed E-state index contributed by atoms with van der Waals surface area (Å²) < 4.78 is 43.4. The summed E-state index contributed by atoms with van der Waals surface area (Å²) in [6, 6.07) is 3.34. The van der Waals surface area contributed by atoms with Gasteiger partial charge in [0.15, 0.2) is 11.5 Å². The van der Waals surface area contributed by atoms with Gasteiger partial charge in [-0.15, -0.1) is 0 Å². The zero-order valence-corrected chi connectivity index (χ0v) is 14.6. The van der Waals surface area contributed by atoms with Crippen molar-refractivity contribution in [3.05, 3.63) is 40.4 Å². The molecule has 0 bridgehead atoms. The first kappa shape index (κ1) is 19.2. The van der Waals surface area contributed by atoms with Gasteiger partial charge >= 0.3 is 0 Å². The Labute approximate surface area is 147 Å². The van der Waals surface area contributed by atoms with Gasteiger partial charge in [0, 0.05) is 0 Å². The third-order valence-corrected chi connectivity index (χ3v) is 4.89. The predicted octanol–water partition coefficient (Wildman–Crippen LogP) is 1.91. The second-order valence-electron chi connectivity index (χ2n) is 4.96. The average Bonchev–Trinajstić information content (AvgIpc) is 3.03. The van der Waals surface area contributed by atoms with Crippen LogP contribution in [0.5, 0.6) is 0 Å². The Bertz CT molecular complexity index is 873. The summed E-state index contributed by atoms with van der Waals surface area (Å²) in [5.74, 6) is -1.29. The van der Waals surface area contributed by atoms with Gasteiger partial charge in [-0.05, 0) is 29.8 Å². The highest BCUT2D eigenvalue weighted by Gasteiger charge is 2.22. The van der Waals surface area contributed by atoms with E-state index in [-0.39, 0.29) is 34.4 Å². The average molecular weight is 392 g/mol. The second-order valence-corrected chi connectivity index (χ2v) is 7.29. The summed E-state index contributed by atoms with van der Waals surface area (Å²) in [4.78, 5) is 0. The van der Waals surface area contributed by atoms with E-state index in [1.165, 1.54) is 6.07 Å². The standard InChI is InChI=1S/C13H15ClFN5O4S/c1-2-5-25(22,23)17-7-11-12(19-24-18-11)13(16)20(21)8-3-4-10(15)9(14)6-8/h3-4,6,16-17,21H,2,5,7H2,1H3. The van der Waals surface area contributed by atoms with E-state index < -0.39 is 21.7 Å². The molecule has 0 spiro atoms. The largest absolute Gasteiger partial charge is 0.282 e. The van der Waals surface area contributed by atoms with E-state index in [1.54, 1.807) is 6.92 Å². The maximum atomic E-state index is 13.2. The van der Waals surface area contributed by atoms with Gasteiger partial charge in [-0.2, -0.15) is 0 Å². The van der Waals surface area contributed by atoms with Crippen LogP contribution >= 0.6 is 11.6 Å². The molecule has 0 aliphatic rings. The minimum Gasteiger partial charge on any atom is -0.282 e. The monoisotopic (exact) mass is 391 g/mol. The Morgan fingerprint density at radius 2 is 2.20 bits per heavy atom. The van der Waals surface area contributed by atoms with E-state index in [2.05, 4.69) is 19.7 Å². The van der Waals surface area contributed by atoms with Gasteiger partial charge in [-0.1, -0.05) is 23.7 Å². The lowest BCUT2D eigenvalue weighted by atomic mass is 10.2. The molecule has 0 radical (unpaired) electrons. The number of hydrogen-bond donors (Lipinski definition) is 3. The van der Waals surface area contributed by atoms with Crippen LogP contribution in [0.25, 0.3) is 0 Å². The molecule has 25 heavy (non-hydrogen) atoms. The normalized spacial score (nSPS) is 11.5. The quantitative estimate of drug-likeness (QED) is 0.373. The van der Waals surface area contributed by atoms with Crippen LogP contribution < -0.4 is 9.79 Å². The van der Waals surface area contributed by atoms with E-state index in [1.807, 2.05) is 0 Å². The molecule has 0 atom stereocenters. The molecule has 0 unspecified atom stereocenters. The molecule has 1 heterocycles. The number of rotatable bonds is 7. The molecule has 12 heteroatoms. The second kappa shape index (κ2) is 7.87.